The van der Waals surface area contributed by atoms with Crippen molar-refractivity contribution >= 4 is 28.1 Å². The van der Waals surface area contributed by atoms with E-state index in [1.807, 2.05) is 31.2 Å². The molecule has 1 heterocycles. The number of rotatable bonds is 6. The number of amides is 1. The molecule has 0 saturated carbocycles. The second kappa shape index (κ2) is 7.70. The Morgan fingerprint density at radius 1 is 1.23 bits per heavy atom. The molecule has 0 aliphatic heterocycles. The first-order valence-corrected chi connectivity index (χ1v) is 8.40. The van der Waals surface area contributed by atoms with E-state index in [4.69, 9.17) is 4.74 Å². The van der Waals surface area contributed by atoms with Crippen LogP contribution in [0.15, 0.2) is 48.5 Å². The van der Waals surface area contributed by atoms with E-state index in [-0.39, 0.29) is 12.3 Å². The summed E-state index contributed by atoms with van der Waals surface area (Å²) >= 11 is 1.20. The SMILES string of the molecule is Cc1cccc(OCc2nnc(NC(=O)c3ccc([N+](=O)[O-])cc3)s2)c1. The molecule has 0 fully saturated rings. The standard InChI is InChI=1S/C17H14N4O4S/c1-11-3-2-4-14(9-11)25-10-15-19-20-17(26-15)18-16(22)12-5-7-13(8-6-12)21(23)24/h2-9H,10H2,1H3,(H,18,20,22). The number of non-ortho nitro benzene ring substituents is 1. The number of nitrogens with one attached hydrogen (secondary N) is 1. The number of aryl methyl sites for hydroxylation is 1. The van der Waals surface area contributed by atoms with Gasteiger partial charge in [0.05, 0.1) is 4.92 Å². The molecule has 3 aromatic rings. The number of ether oxygens (including phenoxy) is 1. The van der Waals surface area contributed by atoms with Crippen LogP contribution in [-0.4, -0.2) is 21.0 Å². The molecule has 1 aromatic heterocycles. The molecule has 0 bridgehead atoms. The van der Waals surface area contributed by atoms with Crippen molar-refractivity contribution in [2.75, 3.05) is 5.32 Å². The second-order valence-electron chi connectivity index (χ2n) is 5.36. The molecule has 2 aromatic carbocycles. The monoisotopic (exact) mass is 370 g/mol. The Hall–Kier alpha value is -3.33. The zero-order chi connectivity index (χ0) is 18.5. The van der Waals surface area contributed by atoms with Gasteiger partial charge < -0.3 is 4.74 Å². The van der Waals surface area contributed by atoms with E-state index < -0.39 is 10.8 Å². The van der Waals surface area contributed by atoms with Crippen LogP contribution in [0.3, 0.4) is 0 Å². The molecule has 0 aliphatic rings. The highest BCUT2D eigenvalue weighted by Crippen LogP contribution is 2.20. The van der Waals surface area contributed by atoms with Crippen molar-refractivity contribution in [1.29, 1.82) is 0 Å². The lowest BCUT2D eigenvalue weighted by molar-refractivity contribution is -0.384. The van der Waals surface area contributed by atoms with Gasteiger partial charge in [0.1, 0.15) is 12.4 Å². The van der Waals surface area contributed by atoms with Crippen LogP contribution in [0.1, 0.15) is 20.9 Å². The molecule has 3 rings (SSSR count). The third-order valence-corrected chi connectivity index (χ3v) is 4.19. The van der Waals surface area contributed by atoms with Crippen molar-refractivity contribution in [3.05, 3.63) is 74.8 Å². The number of hydrogen-bond acceptors (Lipinski definition) is 7. The Balaban J connectivity index is 1.59. The van der Waals surface area contributed by atoms with Crippen LogP contribution < -0.4 is 10.1 Å². The first-order valence-electron chi connectivity index (χ1n) is 7.59. The first-order chi connectivity index (χ1) is 12.5. The number of aromatic nitrogens is 2. The Bertz CT molecular complexity index is 940. The smallest absolute Gasteiger partial charge is 0.269 e. The van der Waals surface area contributed by atoms with Gasteiger partial charge in [0.15, 0.2) is 5.01 Å². The average molecular weight is 370 g/mol. The highest BCUT2D eigenvalue weighted by Gasteiger charge is 2.12. The normalized spacial score (nSPS) is 10.3. The van der Waals surface area contributed by atoms with E-state index in [0.29, 0.717) is 15.7 Å². The van der Waals surface area contributed by atoms with Gasteiger partial charge in [-0.1, -0.05) is 23.5 Å². The summed E-state index contributed by atoms with van der Waals surface area (Å²) in [6.45, 7) is 2.22. The third-order valence-electron chi connectivity index (χ3n) is 3.38. The van der Waals surface area contributed by atoms with Gasteiger partial charge in [-0.05, 0) is 36.8 Å². The molecule has 0 spiro atoms. The molecule has 1 N–H and O–H groups in total. The zero-order valence-corrected chi connectivity index (χ0v) is 14.5. The Morgan fingerprint density at radius 2 is 2.00 bits per heavy atom. The van der Waals surface area contributed by atoms with Crippen LogP contribution >= 0.6 is 11.3 Å². The number of nitrogens with zero attached hydrogens (tertiary/aromatic N) is 3. The summed E-state index contributed by atoms with van der Waals surface area (Å²) in [7, 11) is 0. The van der Waals surface area contributed by atoms with Crippen LogP contribution in [0, 0.1) is 17.0 Å². The molecule has 9 heteroatoms. The van der Waals surface area contributed by atoms with Crippen molar-refractivity contribution in [3.8, 4) is 5.75 Å². The Kier molecular flexibility index (Phi) is 5.18. The fourth-order valence-electron chi connectivity index (χ4n) is 2.12. The Labute approximate surface area is 152 Å². The largest absolute Gasteiger partial charge is 0.486 e. The molecule has 0 unspecified atom stereocenters. The molecular weight excluding hydrogens is 356 g/mol. The van der Waals surface area contributed by atoms with E-state index in [1.165, 1.54) is 35.6 Å². The maximum atomic E-state index is 12.1. The number of anilines is 1. The second-order valence-corrected chi connectivity index (χ2v) is 6.43. The molecular formula is C17H14N4O4S. The van der Waals surface area contributed by atoms with Gasteiger partial charge in [0, 0.05) is 17.7 Å². The summed E-state index contributed by atoms with van der Waals surface area (Å²) in [5.74, 6) is 0.318. The summed E-state index contributed by atoms with van der Waals surface area (Å²) in [5.41, 5.74) is 1.31. The van der Waals surface area contributed by atoms with Gasteiger partial charge >= 0.3 is 0 Å². The molecule has 0 aliphatic carbocycles. The quantitative estimate of drug-likeness (QED) is 0.525. The molecule has 0 atom stereocenters. The summed E-state index contributed by atoms with van der Waals surface area (Å²) in [6, 6.07) is 13.0. The van der Waals surface area contributed by atoms with Gasteiger partial charge in [-0.15, -0.1) is 10.2 Å². The maximum Gasteiger partial charge on any atom is 0.269 e. The number of carbonyl (C=O) groups excluding carboxylic acids is 1. The van der Waals surface area contributed by atoms with Crippen molar-refractivity contribution in [2.45, 2.75) is 13.5 Å². The number of nitro groups is 1. The minimum Gasteiger partial charge on any atom is -0.486 e. The van der Waals surface area contributed by atoms with Gasteiger partial charge in [0.2, 0.25) is 5.13 Å². The van der Waals surface area contributed by atoms with Crippen LogP contribution in [-0.2, 0) is 6.61 Å². The van der Waals surface area contributed by atoms with Gasteiger partial charge in [-0.25, -0.2) is 0 Å². The minimum atomic E-state index is -0.521. The summed E-state index contributed by atoms with van der Waals surface area (Å²) in [6.07, 6.45) is 0. The molecule has 0 radical (unpaired) electrons. The minimum absolute atomic E-state index is 0.0759. The fraction of sp³-hybridized carbons (Fsp3) is 0.118. The fourth-order valence-corrected chi connectivity index (χ4v) is 2.76. The van der Waals surface area contributed by atoms with Gasteiger partial charge in [-0.2, -0.15) is 0 Å². The Morgan fingerprint density at radius 3 is 2.69 bits per heavy atom. The summed E-state index contributed by atoms with van der Waals surface area (Å²) in [5, 5.41) is 22.1. The number of hydrogen-bond donors (Lipinski definition) is 1. The lowest BCUT2D eigenvalue weighted by atomic mass is 10.2. The molecule has 132 valence electrons. The molecule has 1 amide bonds. The van der Waals surface area contributed by atoms with Crippen molar-refractivity contribution in [1.82, 2.24) is 10.2 Å². The highest BCUT2D eigenvalue weighted by atomic mass is 32.1. The van der Waals surface area contributed by atoms with Crippen molar-refractivity contribution in [3.63, 3.8) is 0 Å². The topological polar surface area (TPSA) is 107 Å². The first kappa shape index (κ1) is 17.5. The number of carbonyl (C=O) groups is 1. The zero-order valence-electron chi connectivity index (χ0n) is 13.7. The van der Waals surface area contributed by atoms with E-state index in [9.17, 15) is 14.9 Å². The summed E-state index contributed by atoms with van der Waals surface area (Å²) < 4.78 is 5.64. The van der Waals surface area contributed by atoms with Gasteiger partial charge in [0.25, 0.3) is 11.6 Å². The van der Waals surface area contributed by atoms with Crippen LogP contribution in [0.4, 0.5) is 10.8 Å². The van der Waals surface area contributed by atoms with E-state index >= 15 is 0 Å². The average Bonchev–Trinajstić information content (AvgIpc) is 3.07. The van der Waals surface area contributed by atoms with E-state index in [0.717, 1.165) is 11.3 Å². The molecule has 8 nitrogen and oxygen atoms in total. The third kappa shape index (κ3) is 4.39. The van der Waals surface area contributed by atoms with Crippen molar-refractivity contribution in [2.24, 2.45) is 0 Å². The highest BCUT2D eigenvalue weighted by molar-refractivity contribution is 7.15. The van der Waals surface area contributed by atoms with E-state index in [1.54, 1.807) is 0 Å². The summed E-state index contributed by atoms with van der Waals surface area (Å²) in [4.78, 5) is 22.3. The van der Waals surface area contributed by atoms with Crippen LogP contribution in [0.25, 0.3) is 0 Å². The maximum absolute atomic E-state index is 12.1. The lowest BCUT2D eigenvalue weighted by Gasteiger charge is -2.03. The number of benzene rings is 2. The molecule has 26 heavy (non-hydrogen) atoms. The van der Waals surface area contributed by atoms with Crippen LogP contribution in [0.2, 0.25) is 0 Å². The molecule has 0 saturated heterocycles. The van der Waals surface area contributed by atoms with Crippen molar-refractivity contribution < 1.29 is 14.5 Å². The predicted molar refractivity (Wildman–Crippen MR) is 96.5 cm³/mol. The van der Waals surface area contributed by atoms with Gasteiger partial charge in [-0.3, -0.25) is 20.2 Å². The predicted octanol–water partition coefficient (Wildman–Crippen LogP) is 3.59. The van der Waals surface area contributed by atoms with Crippen LogP contribution in [0.5, 0.6) is 5.75 Å². The number of nitro benzene ring substituents is 1. The lowest BCUT2D eigenvalue weighted by Crippen LogP contribution is -2.11. The van der Waals surface area contributed by atoms with E-state index in [2.05, 4.69) is 15.5 Å².